The van der Waals surface area contributed by atoms with Crippen molar-refractivity contribution < 1.29 is 4.79 Å². The number of carbonyl (C=O) groups is 1. The lowest BCUT2D eigenvalue weighted by molar-refractivity contribution is 0.0720. The fraction of sp³-hybridized carbons (Fsp3) is 0.0909. The Labute approximate surface area is 167 Å². The molecule has 3 aromatic heterocycles. The van der Waals surface area contributed by atoms with Crippen molar-refractivity contribution in [2.75, 3.05) is 0 Å². The molecular formula is C22H18N4OS. The zero-order chi connectivity index (χ0) is 19.2. The largest absolute Gasteiger partial charge is 0.325 e. The van der Waals surface area contributed by atoms with E-state index in [1.165, 1.54) is 11.3 Å². The van der Waals surface area contributed by atoms with Crippen molar-refractivity contribution in [1.29, 1.82) is 0 Å². The Kier molecular flexibility index (Phi) is 5.49. The predicted molar refractivity (Wildman–Crippen MR) is 110 cm³/mol. The van der Waals surface area contributed by atoms with Crippen molar-refractivity contribution in [1.82, 2.24) is 19.9 Å². The second-order valence-corrected chi connectivity index (χ2v) is 7.07. The molecule has 0 saturated carbocycles. The van der Waals surface area contributed by atoms with E-state index in [4.69, 9.17) is 0 Å². The summed E-state index contributed by atoms with van der Waals surface area (Å²) in [6.45, 7) is 0.795. The van der Waals surface area contributed by atoms with Crippen molar-refractivity contribution in [3.63, 3.8) is 0 Å². The molecule has 0 aliphatic rings. The zero-order valence-electron chi connectivity index (χ0n) is 15.1. The molecule has 0 N–H and O–H groups in total. The lowest BCUT2D eigenvalue weighted by Crippen LogP contribution is -2.31. The standard InChI is InChI=1S/C22H18N4OS/c27-22(20-16-28-21(25-20)17-8-2-1-3-9-17)26(14-18-10-4-6-12-23-18)15-19-11-5-7-13-24-19/h1-13,16H,14-15H2. The lowest BCUT2D eigenvalue weighted by atomic mass is 10.2. The SMILES string of the molecule is O=C(c1csc(-c2ccccc2)n1)N(Cc1ccccn1)Cc1ccccn1. The van der Waals surface area contributed by atoms with Crippen LogP contribution in [0.2, 0.25) is 0 Å². The number of amides is 1. The number of aromatic nitrogens is 3. The summed E-state index contributed by atoms with van der Waals surface area (Å²) in [5, 5.41) is 2.65. The molecule has 0 unspecified atom stereocenters. The van der Waals surface area contributed by atoms with Crippen molar-refractivity contribution in [2.24, 2.45) is 0 Å². The molecule has 6 heteroatoms. The van der Waals surface area contributed by atoms with Crippen LogP contribution in [0.25, 0.3) is 10.6 Å². The van der Waals surface area contributed by atoms with Gasteiger partial charge < -0.3 is 4.90 Å². The number of nitrogens with zero attached hydrogens (tertiary/aromatic N) is 4. The average molecular weight is 386 g/mol. The number of benzene rings is 1. The molecule has 0 spiro atoms. The third-order valence-corrected chi connectivity index (χ3v) is 5.08. The highest BCUT2D eigenvalue weighted by molar-refractivity contribution is 7.13. The van der Waals surface area contributed by atoms with E-state index in [2.05, 4.69) is 15.0 Å². The fourth-order valence-electron chi connectivity index (χ4n) is 2.82. The van der Waals surface area contributed by atoms with E-state index in [9.17, 15) is 4.79 Å². The second kappa shape index (κ2) is 8.54. The van der Waals surface area contributed by atoms with Crippen molar-refractivity contribution in [2.45, 2.75) is 13.1 Å². The van der Waals surface area contributed by atoms with Gasteiger partial charge in [-0.25, -0.2) is 4.98 Å². The number of hydrogen-bond donors (Lipinski definition) is 0. The fourth-order valence-corrected chi connectivity index (χ4v) is 3.62. The van der Waals surface area contributed by atoms with Gasteiger partial charge in [-0.3, -0.25) is 14.8 Å². The summed E-state index contributed by atoms with van der Waals surface area (Å²) >= 11 is 1.47. The van der Waals surface area contributed by atoms with Gasteiger partial charge in [0.15, 0.2) is 0 Å². The van der Waals surface area contributed by atoms with Crippen LogP contribution in [-0.2, 0) is 13.1 Å². The van der Waals surface area contributed by atoms with Crippen LogP contribution in [0.3, 0.4) is 0 Å². The van der Waals surface area contributed by atoms with Crippen LogP contribution >= 0.6 is 11.3 Å². The number of thiazole rings is 1. The number of pyridine rings is 2. The minimum Gasteiger partial charge on any atom is -0.325 e. The Bertz CT molecular complexity index is 994. The van der Waals surface area contributed by atoms with E-state index in [-0.39, 0.29) is 5.91 Å². The van der Waals surface area contributed by atoms with Crippen molar-refractivity contribution in [3.05, 3.63) is 102 Å². The van der Waals surface area contributed by atoms with E-state index in [1.807, 2.05) is 72.1 Å². The van der Waals surface area contributed by atoms with Crippen LogP contribution in [-0.4, -0.2) is 25.8 Å². The van der Waals surface area contributed by atoms with Gasteiger partial charge in [0.05, 0.1) is 24.5 Å². The molecule has 5 nitrogen and oxygen atoms in total. The number of carbonyl (C=O) groups excluding carboxylic acids is 1. The van der Waals surface area contributed by atoms with E-state index in [0.717, 1.165) is 22.0 Å². The Balaban J connectivity index is 1.60. The molecule has 0 fully saturated rings. The minimum atomic E-state index is -0.130. The van der Waals surface area contributed by atoms with Gasteiger partial charge >= 0.3 is 0 Å². The lowest BCUT2D eigenvalue weighted by Gasteiger charge is -2.21. The van der Waals surface area contributed by atoms with E-state index >= 15 is 0 Å². The van der Waals surface area contributed by atoms with Crippen molar-refractivity contribution in [3.8, 4) is 10.6 Å². The summed E-state index contributed by atoms with van der Waals surface area (Å²) in [5.41, 5.74) is 3.10. The molecule has 0 aliphatic carbocycles. The summed E-state index contributed by atoms with van der Waals surface area (Å²) in [4.78, 5) is 28.2. The molecule has 4 rings (SSSR count). The highest BCUT2D eigenvalue weighted by Gasteiger charge is 2.20. The van der Waals surface area contributed by atoms with E-state index in [1.54, 1.807) is 17.3 Å². The Hall–Kier alpha value is -3.38. The quantitative estimate of drug-likeness (QED) is 0.491. The molecular weight excluding hydrogens is 368 g/mol. The second-order valence-electron chi connectivity index (χ2n) is 6.21. The van der Waals surface area contributed by atoms with Gasteiger partial charge in [0, 0.05) is 23.3 Å². The highest BCUT2D eigenvalue weighted by atomic mass is 32.1. The average Bonchev–Trinajstić information content (AvgIpc) is 3.25. The maximum Gasteiger partial charge on any atom is 0.274 e. The van der Waals surface area contributed by atoms with Crippen LogP contribution in [0.4, 0.5) is 0 Å². The van der Waals surface area contributed by atoms with Crippen molar-refractivity contribution >= 4 is 17.2 Å². The summed E-state index contributed by atoms with van der Waals surface area (Å²) in [5.74, 6) is -0.130. The molecule has 138 valence electrons. The first kappa shape index (κ1) is 18.0. The molecule has 0 radical (unpaired) electrons. The van der Waals surface area contributed by atoms with Gasteiger partial charge in [0.25, 0.3) is 5.91 Å². The summed E-state index contributed by atoms with van der Waals surface area (Å²) in [7, 11) is 0. The molecule has 0 atom stereocenters. The zero-order valence-corrected chi connectivity index (χ0v) is 15.9. The molecule has 0 bridgehead atoms. The minimum absolute atomic E-state index is 0.130. The molecule has 1 aromatic carbocycles. The number of hydrogen-bond acceptors (Lipinski definition) is 5. The predicted octanol–water partition coefficient (Wildman–Crippen LogP) is 4.44. The molecule has 4 aromatic rings. The first-order chi connectivity index (χ1) is 13.8. The Morgan fingerprint density at radius 2 is 1.43 bits per heavy atom. The molecule has 3 heterocycles. The monoisotopic (exact) mass is 386 g/mol. The topological polar surface area (TPSA) is 59.0 Å². The maximum absolute atomic E-state index is 13.2. The first-order valence-electron chi connectivity index (χ1n) is 8.89. The Morgan fingerprint density at radius 1 is 0.821 bits per heavy atom. The van der Waals surface area contributed by atoms with Crippen LogP contribution in [0.5, 0.6) is 0 Å². The third kappa shape index (κ3) is 4.29. The van der Waals surface area contributed by atoms with Crippen LogP contribution in [0.1, 0.15) is 21.9 Å². The molecule has 0 aliphatic heterocycles. The highest BCUT2D eigenvalue weighted by Crippen LogP contribution is 2.24. The summed E-state index contributed by atoms with van der Waals surface area (Å²) in [6.07, 6.45) is 3.46. The smallest absolute Gasteiger partial charge is 0.274 e. The first-order valence-corrected chi connectivity index (χ1v) is 9.77. The van der Waals surface area contributed by atoms with E-state index in [0.29, 0.717) is 18.8 Å². The van der Waals surface area contributed by atoms with Gasteiger partial charge in [-0.2, -0.15) is 0 Å². The van der Waals surface area contributed by atoms with Crippen LogP contribution in [0, 0.1) is 0 Å². The third-order valence-electron chi connectivity index (χ3n) is 4.19. The maximum atomic E-state index is 13.2. The van der Waals surface area contributed by atoms with Gasteiger partial charge in [-0.05, 0) is 24.3 Å². The van der Waals surface area contributed by atoms with Gasteiger partial charge in [0.2, 0.25) is 0 Å². The summed E-state index contributed by atoms with van der Waals surface area (Å²) < 4.78 is 0. The summed E-state index contributed by atoms with van der Waals surface area (Å²) in [6, 6.07) is 21.3. The molecule has 0 saturated heterocycles. The van der Waals surface area contributed by atoms with Crippen LogP contribution in [0.15, 0.2) is 84.5 Å². The van der Waals surface area contributed by atoms with E-state index < -0.39 is 0 Å². The van der Waals surface area contributed by atoms with Crippen LogP contribution < -0.4 is 0 Å². The van der Waals surface area contributed by atoms with Gasteiger partial charge in [0.1, 0.15) is 10.7 Å². The molecule has 1 amide bonds. The number of rotatable bonds is 6. The van der Waals surface area contributed by atoms with Gasteiger partial charge in [-0.1, -0.05) is 42.5 Å². The normalized spacial score (nSPS) is 10.6. The van der Waals surface area contributed by atoms with Gasteiger partial charge in [-0.15, -0.1) is 11.3 Å². The Morgan fingerprint density at radius 3 is 2.00 bits per heavy atom. The molecule has 28 heavy (non-hydrogen) atoms.